The van der Waals surface area contributed by atoms with Crippen LogP contribution in [-0.2, 0) is 6.61 Å². The first-order valence-corrected chi connectivity index (χ1v) is 8.67. The van der Waals surface area contributed by atoms with E-state index in [1.807, 2.05) is 12.1 Å². The zero-order valence-corrected chi connectivity index (χ0v) is 16.7. The molecule has 0 aliphatic rings. The van der Waals surface area contributed by atoms with Gasteiger partial charge in [-0.2, -0.15) is 0 Å². The highest BCUT2D eigenvalue weighted by Gasteiger charge is 2.13. The minimum absolute atomic E-state index is 0.245. The molecule has 2 aromatic carbocycles. The molecule has 0 unspecified atom stereocenters. The van der Waals surface area contributed by atoms with Crippen LogP contribution >= 0.6 is 45.2 Å². The zero-order valence-electron chi connectivity index (χ0n) is 12.4. The number of methoxy groups -OCH3 is 2. The predicted octanol–water partition coefficient (Wildman–Crippen LogP) is 4.19. The molecule has 0 aliphatic carbocycles. The number of hydrogen-bond donors (Lipinski definition) is 1. The van der Waals surface area contributed by atoms with Gasteiger partial charge in [0, 0.05) is 6.07 Å². The molecule has 23 heavy (non-hydrogen) atoms. The SMILES string of the molecule is COc1cc(COc2c(I)cc(C(=O)O)cc2I)cc(OC)c1. The van der Waals surface area contributed by atoms with Crippen LogP contribution < -0.4 is 14.2 Å². The average Bonchev–Trinajstić information content (AvgIpc) is 2.53. The van der Waals surface area contributed by atoms with E-state index in [1.54, 1.807) is 32.4 Å². The Morgan fingerprint density at radius 2 is 1.52 bits per heavy atom. The third kappa shape index (κ3) is 4.63. The molecule has 2 aromatic rings. The van der Waals surface area contributed by atoms with Gasteiger partial charge >= 0.3 is 5.97 Å². The number of carboxylic acid groups (broad SMARTS) is 1. The topological polar surface area (TPSA) is 65.0 Å². The second kappa shape index (κ2) is 8.04. The van der Waals surface area contributed by atoms with Gasteiger partial charge in [-0.3, -0.25) is 0 Å². The Hall–Kier alpha value is -1.23. The van der Waals surface area contributed by atoms with Gasteiger partial charge in [-0.05, 0) is 75.0 Å². The smallest absolute Gasteiger partial charge is 0.335 e. The van der Waals surface area contributed by atoms with Gasteiger partial charge < -0.3 is 19.3 Å². The van der Waals surface area contributed by atoms with Crippen LogP contribution in [0.3, 0.4) is 0 Å². The molecule has 1 N–H and O–H groups in total. The number of aromatic carboxylic acids is 1. The summed E-state index contributed by atoms with van der Waals surface area (Å²) >= 11 is 4.15. The van der Waals surface area contributed by atoms with E-state index in [0.29, 0.717) is 23.9 Å². The monoisotopic (exact) mass is 540 g/mol. The van der Waals surface area contributed by atoms with E-state index < -0.39 is 5.97 Å². The molecule has 0 aliphatic heterocycles. The Bertz CT molecular complexity index is 685. The fraction of sp³-hybridized carbons (Fsp3) is 0.188. The van der Waals surface area contributed by atoms with Crippen LogP contribution in [0.4, 0.5) is 0 Å². The van der Waals surface area contributed by atoms with Crippen molar-refractivity contribution in [2.75, 3.05) is 14.2 Å². The summed E-state index contributed by atoms with van der Waals surface area (Å²) in [4.78, 5) is 11.1. The summed E-state index contributed by atoms with van der Waals surface area (Å²) in [5, 5.41) is 9.07. The zero-order chi connectivity index (χ0) is 17.0. The maximum atomic E-state index is 11.1. The third-order valence-electron chi connectivity index (χ3n) is 3.04. The lowest BCUT2D eigenvalue weighted by Crippen LogP contribution is -2.03. The van der Waals surface area contributed by atoms with Crippen LogP contribution in [-0.4, -0.2) is 25.3 Å². The molecule has 0 amide bonds. The van der Waals surface area contributed by atoms with Crippen molar-refractivity contribution >= 4 is 51.2 Å². The molecule has 0 heterocycles. The average molecular weight is 540 g/mol. The minimum atomic E-state index is -0.954. The first-order chi connectivity index (χ1) is 10.9. The molecule has 2 rings (SSSR count). The molecular formula is C16H14I2O5. The standard InChI is InChI=1S/C16H14I2O5/c1-21-11-3-9(4-12(7-11)22-2)8-23-15-13(17)5-10(16(19)20)6-14(15)18/h3-7H,8H2,1-2H3,(H,19,20). The Morgan fingerprint density at radius 3 is 1.96 bits per heavy atom. The van der Waals surface area contributed by atoms with E-state index >= 15 is 0 Å². The highest BCUT2D eigenvalue weighted by molar-refractivity contribution is 14.1. The van der Waals surface area contributed by atoms with Gasteiger partial charge in [-0.1, -0.05) is 0 Å². The van der Waals surface area contributed by atoms with Gasteiger partial charge in [-0.15, -0.1) is 0 Å². The summed E-state index contributed by atoms with van der Waals surface area (Å²) < 4.78 is 17.8. The number of carbonyl (C=O) groups is 1. The summed E-state index contributed by atoms with van der Waals surface area (Å²) in [6, 6.07) is 8.71. The van der Waals surface area contributed by atoms with Gasteiger partial charge in [-0.25, -0.2) is 4.79 Å². The summed E-state index contributed by atoms with van der Waals surface area (Å²) in [5.74, 6) is 1.09. The van der Waals surface area contributed by atoms with Crippen LogP contribution in [0.25, 0.3) is 0 Å². The first kappa shape index (κ1) is 18.1. The van der Waals surface area contributed by atoms with E-state index in [9.17, 15) is 4.79 Å². The van der Waals surface area contributed by atoms with Crippen LogP contribution in [0, 0.1) is 7.14 Å². The molecule has 5 nitrogen and oxygen atoms in total. The fourth-order valence-electron chi connectivity index (χ4n) is 1.93. The third-order valence-corrected chi connectivity index (χ3v) is 4.64. The predicted molar refractivity (Wildman–Crippen MR) is 103 cm³/mol. The van der Waals surface area contributed by atoms with Crippen LogP contribution in [0.5, 0.6) is 17.2 Å². The van der Waals surface area contributed by atoms with Crippen molar-refractivity contribution in [1.29, 1.82) is 0 Å². The maximum absolute atomic E-state index is 11.1. The maximum Gasteiger partial charge on any atom is 0.335 e. The molecule has 0 saturated heterocycles. The van der Waals surface area contributed by atoms with Crippen molar-refractivity contribution in [3.63, 3.8) is 0 Å². The minimum Gasteiger partial charge on any atom is -0.497 e. The Morgan fingerprint density at radius 1 is 1.00 bits per heavy atom. The van der Waals surface area contributed by atoms with Crippen LogP contribution in [0.1, 0.15) is 15.9 Å². The summed E-state index contributed by atoms with van der Waals surface area (Å²) in [7, 11) is 3.19. The van der Waals surface area contributed by atoms with Crippen molar-refractivity contribution in [2.45, 2.75) is 6.61 Å². The van der Waals surface area contributed by atoms with E-state index in [1.165, 1.54) is 0 Å². The van der Waals surface area contributed by atoms with E-state index in [2.05, 4.69) is 45.2 Å². The van der Waals surface area contributed by atoms with Crippen molar-refractivity contribution in [3.05, 3.63) is 48.6 Å². The molecule has 0 radical (unpaired) electrons. The second-order valence-electron chi connectivity index (χ2n) is 4.58. The van der Waals surface area contributed by atoms with E-state index in [4.69, 9.17) is 19.3 Å². The highest BCUT2D eigenvalue weighted by atomic mass is 127. The lowest BCUT2D eigenvalue weighted by Gasteiger charge is -2.13. The molecule has 0 fully saturated rings. The van der Waals surface area contributed by atoms with Crippen LogP contribution in [0.15, 0.2) is 30.3 Å². The number of hydrogen-bond acceptors (Lipinski definition) is 4. The number of benzene rings is 2. The Kier molecular flexibility index (Phi) is 6.33. The molecular weight excluding hydrogens is 526 g/mol. The van der Waals surface area contributed by atoms with Crippen molar-refractivity contribution in [2.24, 2.45) is 0 Å². The quantitative estimate of drug-likeness (QED) is 0.558. The van der Waals surface area contributed by atoms with Crippen molar-refractivity contribution in [1.82, 2.24) is 0 Å². The van der Waals surface area contributed by atoms with Gasteiger partial charge in [0.05, 0.1) is 26.9 Å². The molecule has 0 atom stereocenters. The normalized spacial score (nSPS) is 10.3. The van der Waals surface area contributed by atoms with Gasteiger partial charge in [0.2, 0.25) is 0 Å². The van der Waals surface area contributed by atoms with Gasteiger partial charge in [0.25, 0.3) is 0 Å². The number of halogens is 2. The molecule has 7 heteroatoms. The summed E-state index contributed by atoms with van der Waals surface area (Å²) in [6.07, 6.45) is 0. The lowest BCUT2D eigenvalue weighted by molar-refractivity contribution is 0.0696. The molecule has 0 spiro atoms. The molecule has 0 saturated carbocycles. The first-order valence-electron chi connectivity index (χ1n) is 6.51. The fourth-order valence-corrected chi connectivity index (χ4v) is 4.01. The Labute approximate surface area is 161 Å². The lowest BCUT2D eigenvalue weighted by atomic mass is 10.2. The van der Waals surface area contributed by atoms with E-state index in [0.717, 1.165) is 12.7 Å². The number of carboxylic acids is 1. The van der Waals surface area contributed by atoms with Crippen molar-refractivity contribution < 1.29 is 24.1 Å². The molecule has 0 bridgehead atoms. The van der Waals surface area contributed by atoms with Crippen molar-refractivity contribution in [3.8, 4) is 17.2 Å². The second-order valence-corrected chi connectivity index (χ2v) is 6.91. The van der Waals surface area contributed by atoms with Crippen LogP contribution in [0.2, 0.25) is 0 Å². The number of rotatable bonds is 6. The largest absolute Gasteiger partial charge is 0.497 e. The van der Waals surface area contributed by atoms with E-state index in [-0.39, 0.29) is 5.56 Å². The molecule has 122 valence electrons. The summed E-state index contributed by atoms with van der Waals surface area (Å²) in [6.45, 7) is 0.325. The highest BCUT2D eigenvalue weighted by Crippen LogP contribution is 2.30. The van der Waals surface area contributed by atoms with Gasteiger partial charge in [0.15, 0.2) is 0 Å². The Balaban J connectivity index is 2.23. The number of ether oxygens (including phenoxy) is 3. The summed E-state index contributed by atoms with van der Waals surface area (Å²) in [5.41, 5.74) is 1.14. The molecule has 0 aromatic heterocycles. The van der Waals surface area contributed by atoms with Gasteiger partial charge in [0.1, 0.15) is 23.9 Å².